The first-order chi connectivity index (χ1) is 9.04. The normalized spacial score (nSPS) is 20.7. The van der Waals surface area contributed by atoms with Crippen LogP contribution >= 0.6 is 0 Å². The van der Waals surface area contributed by atoms with Crippen LogP contribution in [0.1, 0.15) is 38.5 Å². The molecule has 1 unspecified atom stereocenters. The molecule has 106 valence electrons. The van der Waals surface area contributed by atoms with Crippen molar-refractivity contribution < 1.29 is 9.21 Å². The highest BCUT2D eigenvalue weighted by Gasteiger charge is 2.20. The first-order valence-corrected chi connectivity index (χ1v) is 6.66. The summed E-state index contributed by atoms with van der Waals surface area (Å²) in [6.07, 6.45) is 2.06. The minimum atomic E-state index is -0.145. The predicted molar refractivity (Wildman–Crippen MR) is 70.7 cm³/mol. The molecule has 7 heteroatoms. The van der Waals surface area contributed by atoms with Crippen molar-refractivity contribution in [2.24, 2.45) is 5.73 Å². The van der Waals surface area contributed by atoms with Gasteiger partial charge in [-0.15, -0.1) is 5.10 Å². The number of nitrogens with zero attached hydrogens (tertiary/aromatic N) is 3. The molecule has 2 rings (SSSR count). The van der Waals surface area contributed by atoms with E-state index in [1.165, 1.54) is 0 Å². The molecule has 1 saturated heterocycles. The third kappa shape index (κ3) is 4.00. The second-order valence-corrected chi connectivity index (χ2v) is 5.29. The molecule has 0 aliphatic carbocycles. The summed E-state index contributed by atoms with van der Waals surface area (Å²) in [5.74, 6) is 0.529. The third-order valence-electron chi connectivity index (χ3n) is 3.09. The molecule has 1 aliphatic rings. The maximum atomic E-state index is 11.8. The molecule has 0 spiro atoms. The average Bonchev–Trinajstić information content (AvgIpc) is 2.77. The van der Waals surface area contributed by atoms with Crippen LogP contribution in [-0.2, 0) is 4.79 Å². The zero-order valence-electron chi connectivity index (χ0n) is 11.4. The zero-order chi connectivity index (χ0) is 13.8. The number of rotatable bonds is 4. The number of anilines is 1. The summed E-state index contributed by atoms with van der Waals surface area (Å²) in [6, 6.07) is 0.326. The first-order valence-electron chi connectivity index (χ1n) is 6.66. The lowest BCUT2D eigenvalue weighted by Gasteiger charge is -2.29. The third-order valence-corrected chi connectivity index (χ3v) is 3.09. The van der Waals surface area contributed by atoms with Crippen molar-refractivity contribution in [3.8, 4) is 0 Å². The van der Waals surface area contributed by atoms with E-state index in [4.69, 9.17) is 10.2 Å². The number of likely N-dealkylation sites (tertiary alicyclic amines) is 1. The molecular formula is C12H21N5O2. The molecule has 0 radical (unpaired) electrons. The van der Waals surface area contributed by atoms with Gasteiger partial charge in [0.25, 0.3) is 0 Å². The van der Waals surface area contributed by atoms with Crippen molar-refractivity contribution in [1.82, 2.24) is 15.1 Å². The van der Waals surface area contributed by atoms with E-state index in [2.05, 4.69) is 15.5 Å². The molecule has 1 amide bonds. The number of hydrogen-bond acceptors (Lipinski definition) is 6. The minimum Gasteiger partial charge on any atom is -0.408 e. The minimum absolute atomic E-state index is 0.145. The molecule has 0 bridgehead atoms. The molecule has 3 N–H and O–H groups in total. The molecule has 1 aromatic heterocycles. The Balaban J connectivity index is 1.83. The van der Waals surface area contributed by atoms with E-state index in [0.717, 1.165) is 25.9 Å². The summed E-state index contributed by atoms with van der Waals surface area (Å²) in [4.78, 5) is 13.9. The van der Waals surface area contributed by atoms with E-state index < -0.39 is 0 Å². The summed E-state index contributed by atoms with van der Waals surface area (Å²) < 4.78 is 5.33. The van der Waals surface area contributed by atoms with E-state index in [-0.39, 0.29) is 23.9 Å². The number of carbonyl (C=O) groups excluding carboxylic acids is 1. The van der Waals surface area contributed by atoms with E-state index in [0.29, 0.717) is 12.4 Å². The quantitative estimate of drug-likeness (QED) is 0.827. The van der Waals surface area contributed by atoms with Gasteiger partial charge >= 0.3 is 6.01 Å². The van der Waals surface area contributed by atoms with Crippen molar-refractivity contribution in [3.05, 3.63) is 5.89 Å². The molecule has 7 nitrogen and oxygen atoms in total. The van der Waals surface area contributed by atoms with Crippen LogP contribution in [0.2, 0.25) is 0 Å². The molecule has 0 saturated carbocycles. The summed E-state index contributed by atoms with van der Waals surface area (Å²) in [5, 5.41) is 10.3. The Morgan fingerprint density at radius 2 is 2.37 bits per heavy atom. The fraction of sp³-hybridized carbons (Fsp3) is 0.750. The van der Waals surface area contributed by atoms with E-state index in [9.17, 15) is 4.79 Å². The van der Waals surface area contributed by atoms with Gasteiger partial charge in [0.1, 0.15) is 0 Å². The fourth-order valence-electron chi connectivity index (χ4n) is 2.12. The van der Waals surface area contributed by atoms with Crippen molar-refractivity contribution in [3.63, 3.8) is 0 Å². The first kappa shape index (κ1) is 14.0. The molecule has 1 atom stereocenters. The second-order valence-electron chi connectivity index (χ2n) is 5.29. The maximum Gasteiger partial charge on any atom is 0.322 e. The molecular weight excluding hydrogens is 246 g/mol. The van der Waals surface area contributed by atoms with Crippen LogP contribution in [0.3, 0.4) is 0 Å². The van der Waals surface area contributed by atoms with Gasteiger partial charge in [0.15, 0.2) is 0 Å². The smallest absolute Gasteiger partial charge is 0.322 e. The molecule has 1 aliphatic heterocycles. The van der Waals surface area contributed by atoms with Gasteiger partial charge in [0.05, 0.1) is 6.54 Å². The maximum absolute atomic E-state index is 11.8. The predicted octanol–water partition coefficient (Wildman–Crippen LogP) is 0.555. The summed E-state index contributed by atoms with van der Waals surface area (Å²) in [6.45, 7) is 5.88. The lowest BCUT2D eigenvalue weighted by atomic mass is 10.1. The van der Waals surface area contributed by atoms with Gasteiger partial charge in [-0.3, -0.25) is 15.0 Å². The topological polar surface area (TPSA) is 97.3 Å². The largest absolute Gasteiger partial charge is 0.408 e. The van der Waals surface area contributed by atoms with Crippen molar-refractivity contribution >= 4 is 11.9 Å². The molecule has 2 heterocycles. The summed E-state index contributed by atoms with van der Waals surface area (Å²) in [7, 11) is 0. The highest BCUT2D eigenvalue weighted by atomic mass is 16.4. The number of piperidine rings is 1. The van der Waals surface area contributed by atoms with Crippen molar-refractivity contribution in [2.45, 2.75) is 38.6 Å². The Bertz CT molecular complexity index is 432. The average molecular weight is 267 g/mol. The Kier molecular flexibility index (Phi) is 4.49. The molecule has 1 fully saturated rings. The van der Waals surface area contributed by atoms with Gasteiger partial charge in [0, 0.05) is 18.5 Å². The number of hydrogen-bond donors (Lipinski definition) is 2. The highest BCUT2D eigenvalue weighted by Crippen LogP contribution is 2.15. The Morgan fingerprint density at radius 3 is 3.00 bits per heavy atom. The Labute approximate surface area is 112 Å². The monoisotopic (exact) mass is 267 g/mol. The Hall–Kier alpha value is -1.47. The SMILES string of the molecule is CC(C)c1nnc(NC(=O)CN2CCCC(N)C2)o1. The van der Waals surface area contributed by atoms with Gasteiger partial charge in [-0.1, -0.05) is 18.9 Å². The number of amides is 1. The number of aromatic nitrogens is 2. The van der Waals surface area contributed by atoms with Crippen LogP contribution in [0.25, 0.3) is 0 Å². The van der Waals surface area contributed by atoms with Gasteiger partial charge in [-0.2, -0.15) is 0 Å². The lowest BCUT2D eigenvalue weighted by Crippen LogP contribution is -2.45. The van der Waals surface area contributed by atoms with Gasteiger partial charge < -0.3 is 10.2 Å². The molecule has 0 aromatic carbocycles. The van der Waals surface area contributed by atoms with Crippen LogP contribution in [0, 0.1) is 0 Å². The highest BCUT2D eigenvalue weighted by molar-refractivity contribution is 5.90. The van der Waals surface area contributed by atoms with E-state index >= 15 is 0 Å². The molecule has 19 heavy (non-hydrogen) atoms. The zero-order valence-corrected chi connectivity index (χ0v) is 11.4. The van der Waals surface area contributed by atoms with Gasteiger partial charge in [0.2, 0.25) is 11.8 Å². The summed E-state index contributed by atoms with van der Waals surface area (Å²) >= 11 is 0. The second kappa shape index (κ2) is 6.12. The van der Waals surface area contributed by atoms with Gasteiger partial charge in [-0.25, -0.2) is 0 Å². The standard InChI is InChI=1S/C12H21N5O2/c1-8(2)11-15-16-12(19-11)14-10(18)7-17-5-3-4-9(13)6-17/h8-9H,3-7,13H2,1-2H3,(H,14,16,18). The van der Waals surface area contributed by atoms with Crippen LogP contribution in [0.5, 0.6) is 0 Å². The Morgan fingerprint density at radius 1 is 1.58 bits per heavy atom. The van der Waals surface area contributed by atoms with Crippen LogP contribution in [0.4, 0.5) is 6.01 Å². The van der Waals surface area contributed by atoms with Crippen LogP contribution < -0.4 is 11.1 Å². The lowest BCUT2D eigenvalue weighted by molar-refractivity contribution is -0.117. The summed E-state index contributed by atoms with van der Waals surface area (Å²) in [5.41, 5.74) is 5.88. The number of nitrogens with two attached hydrogens (primary N) is 1. The number of carbonyl (C=O) groups is 1. The molecule has 1 aromatic rings. The number of nitrogens with one attached hydrogen (secondary N) is 1. The van der Waals surface area contributed by atoms with Crippen LogP contribution in [0.15, 0.2) is 4.42 Å². The van der Waals surface area contributed by atoms with Crippen molar-refractivity contribution in [2.75, 3.05) is 25.0 Å². The van der Waals surface area contributed by atoms with E-state index in [1.54, 1.807) is 0 Å². The van der Waals surface area contributed by atoms with Gasteiger partial charge in [-0.05, 0) is 19.4 Å². The van der Waals surface area contributed by atoms with Crippen LogP contribution in [-0.4, -0.2) is 46.7 Å². The fourth-order valence-corrected chi connectivity index (χ4v) is 2.12. The van der Waals surface area contributed by atoms with E-state index in [1.807, 2.05) is 18.7 Å². The van der Waals surface area contributed by atoms with Crippen molar-refractivity contribution in [1.29, 1.82) is 0 Å².